The molecule has 0 saturated carbocycles. The number of thioether (sulfide) groups is 1. The molecule has 1 aromatic carbocycles. The number of esters is 1. The Morgan fingerprint density at radius 1 is 1.36 bits per heavy atom. The Bertz CT molecular complexity index is 573. The number of rotatable bonds is 5. The topological polar surface area (TPSA) is 66.4 Å². The zero-order chi connectivity index (χ0) is 16.0. The van der Waals surface area contributed by atoms with Gasteiger partial charge in [0.15, 0.2) is 0 Å². The molecule has 0 spiro atoms. The van der Waals surface area contributed by atoms with Crippen molar-refractivity contribution in [2.75, 3.05) is 6.61 Å². The summed E-state index contributed by atoms with van der Waals surface area (Å²) in [5.74, 6) is -3.21. The number of halogens is 3. The van der Waals surface area contributed by atoms with Crippen molar-refractivity contribution in [3.05, 3.63) is 35.9 Å². The molecule has 0 heterocycles. The van der Waals surface area contributed by atoms with Crippen molar-refractivity contribution in [2.24, 2.45) is 0 Å². The first-order chi connectivity index (χ1) is 9.73. The zero-order valence-electron chi connectivity index (χ0n) is 11.8. The zero-order valence-corrected chi connectivity index (χ0v) is 12.6. The molecule has 0 saturated heterocycles. The van der Waals surface area contributed by atoms with Crippen LogP contribution in [0.1, 0.15) is 12.5 Å². The van der Waals surface area contributed by atoms with Gasteiger partial charge in [-0.1, -0.05) is 17.9 Å². The van der Waals surface area contributed by atoms with E-state index in [-0.39, 0.29) is 47.7 Å². The second-order valence-corrected chi connectivity index (χ2v) is 4.81. The molecule has 114 valence electrons. The van der Waals surface area contributed by atoms with E-state index in [1.54, 1.807) is 0 Å². The van der Waals surface area contributed by atoms with Crippen LogP contribution >= 0.6 is 11.8 Å². The van der Waals surface area contributed by atoms with Gasteiger partial charge in [0, 0.05) is 4.90 Å². The smallest absolute Gasteiger partial charge is 0.872 e. The molecule has 0 amide bonds. The average molecular weight is 326 g/mol. The Balaban J connectivity index is 0.00000441. The van der Waals surface area contributed by atoms with Crippen molar-refractivity contribution >= 4 is 29.3 Å². The standard InChI is InChI=1S/C13H11F3O4S.Li/c1-2-20-12(19)11(18)7-10(17)8-4-3-5-9(6-8)21-13(14,15)16;/h3-7,17H,2H2,1H3;/q;+1/p-1/b10-7-;. The molecule has 1 rings (SSSR count). The average Bonchev–Trinajstić information content (AvgIpc) is 2.37. The summed E-state index contributed by atoms with van der Waals surface area (Å²) >= 11 is -0.377. The van der Waals surface area contributed by atoms with Gasteiger partial charge in [-0.3, -0.25) is 4.79 Å². The Morgan fingerprint density at radius 2 is 2.00 bits per heavy atom. The number of hydrogen-bond acceptors (Lipinski definition) is 5. The minimum atomic E-state index is -4.48. The van der Waals surface area contributed by atoms with Crippen molar-refractivity contribution in [1.82, 2.24) is 0 Å². The van der Waals surface area contributed by atoms with Crippen LogP contribution in [0.4, 0.5) is 13.2 Å². The summed E-state index contributed by atoms with van der Waals surface area (Å²) in [6.07, 6.45) is 0.495. The van der Waals surface area contributed by atoms with E-state index in [1.807, 2.05) is 0 Å². The van der Waals surface area contributed by atoms with E-state index in [9.17, 15) is 27.9 Å². The van der Waals surface area contributed by atoms with E-state index in [0.29, 0.717) is 6.08 Å². The first-order valence-electron chi connectivity index (χ1n) is 5.69. The maximum absolute atomic E-state index is 12.2. The fourth-order valence-electron chi connectivity index (χ4n) is 1.31. The molecule has 0 atom stereocenters. The molecule has 22 heavy (non-hydrogen) atoms. The largest absolute Gasteiger partial charge is 1.00 e. The molecule has 0 radical (unpaired) electrons. The Labute approximate surface area is 140 Å². The van der Waals surface area contributed by atoms with Crippen LogP contribution in [0.2, 0.25) is 0 Å². The van der Waals surface area contributed by atoms with Gasteiger partial charge < -0.3 is 9.84 Å². The fraction of sp³-hybridized carbons (Fsp3) is 0.231. The third-order valence-electron chi connectivity index (χ3n) is 2.09. The molecule has 0 unspecified atom stereocenters. The first kappa shape index (κ1) is 20.6. The van der Waals surface area contributed by atoms with Gasteiger partial charge in [-0.25, -0.2) is 4.79 Å². The fourth-order valence-corrected chi connectivity index (χ4v) is 1.91. The van der Waals surface area contributed by atoms with Gasteiger partial charge >= 0.3 is 30.3 Å². The second-order valence-electron chi connectivity index (χ2n) is 3.67. The predicted molar refractivity (Wildman–Crippen MR) is 68.0 cm³/mol. The second kappa shape index (κ2) is 8.93. The van der Waals surface area contributed by atoms with Crippen LogP contribution in [0.25, 0.3) is 5.76 Å². The molecule has 1 aromatic rings. The van der Waals surface area contributed by atoms with Gasteiger partial charge in [-0.05, 0) is 42.5 Å². The van der Waals surface area contributed by atoms with E-state index in [2.05, 4.69) is 4.74 Å². The van der Waals surface area contributed by atoms with Crippen LogP contribution < -0.4 is 24.0 Å². The van der Waals surface area contributed by atoms with Crippen LogP contribution in [0.15, 0.2) is 35.2 Å². The van der Waals surface area contributed by atoms with Crippen molar-refractivity contribution < 1.29 is 51.5 Å². The first-order valence-corrected chi connectivity index (χ1v) is 6.50. The van der Waals surface area contributed by atoms with Crippen molar-refractivity contribution in [3.63, 3.8) is 0 Å². The number of ether oxygens (including phenoxy) is 1. The molecule has 0 aliphatic rings. The van der Waals surface area contributed by atoms with Gasteiger partial charge in [0.25, 0.3) is 5.78 Å². The van der Waals surface area contributed by atoms with Gasteiger partial charge in [-0.15, -0.1) is 0 Å². The molecule has 4 nitrogen and oxygen atoms in total. The van der Waals surface area contributed by atoms with Crippen LogP contribution in [0.3, 0.4) is 0 Å². The monoisotopic (exact) mass is 326 g/mol. The summed E-state index contributed by atoms with van der Waals surface area (Å²) in [6.45, 7) is 1.47. The van der Waals surface area contributed by atoms with Gasteiger partial charge in [0.2, 0.25) is 0 Å². The summed E-state index contributed by atoms with van der Waals surface area (Å²) < 4.78 is 41.1. The normalized spacial score (nSPS) is 11.5. The molecule has 0 aliphatic carbocycles. The molecule has 0 bridgehead atoms. The summed E-state index contributed by atoms with van der Waals surface area (Å²) in [7, 11) is 0. The Hall–Kier alpha value is -1.36. The van der Waals surface area contributed by atoms with Crippen molar-refractivity contribution in [3.8, 4) is 0 Å². The third-order valence-corrected chi connectivity index (χ3v) is 2.81. The van der Waals surface area contributed by atoms with Crippen LogP contribution in [-0.4, -0.2) is 23.9 Å². The quantitative estimate of drug-likeness (QED) is 0.176. The summed E-state index contributed by atoms with van der Waals surface area (Å²) in [5, 5.41) is 11.7. The number of benzene rings is 1. The van der Waals surface area contributed by atoms with Crippen LogP contribution in [0, 0.1) is 0 Å². The third kappa shape index (κ3) is 7.07. The van der Waals surface area contributed by atoms with Gasteiger partial charge in [0.1, 0.15) is 0 Å². The van der Waals surface area contributed by atoms with E-state index < -0.39 is 23.0 Å². The summed E-state index contributed by atoms with van der Waals surface area (Å²) in [4.78, 5) is 22.2. The van der Waals surface area contributed by atoms with Crippen LogP contribution in [0.5, 0.6) is 0 Å². The molecule has 0 aromatic heterocycles. The Morgan fingerprint density at radius 3 is 2.55 bits per heavy atom. The van der Waals surface area contributed by atoms with Gasteiger partial charge in [0.05, 0.1) is 6.61 Å². The molecule has 0 aliphatic heterocycles. The number of alkyl halides is 3. The number of carbonyl (C=O) groups excluding carboxylic acids is 2. The predicted octanol–water partition coefficient (Wildman–Crippen LogP) is -0.864. The number of carbonyl (C=O) groups is 2. The minimum absolute atomic E-state index is 0. The minimum Gasteiger partial charge on any atom is -0.872 e. The molecule has 0 fully saturated rings. The molecular weight excluding hydrogens is 316 g/mol. The van der Waals surface area contributed by atoms with Gasteiger partial charge in [-0.2, -0.15) is 13.2 Å². The number of ketones is 1. The summed E-state index contributed by atoms with van der Waals surface area (Å²) in [5.41, 5.74) is -4.60. The molecule has 9 heteroatoms. The number of hydrogen-bond donors (Lipinski definition) is 0. The Kier molecular flexibility index (Phi) is 8.38. The van der Waals surface area contributed by atoms with E-state index in [4.69, 9.17) is 0 Å². The molecule has 0 N–H and O–H groups in total. The maximum Gasteiger partial charge on any atom is 1.00 e. The molecular formula is C13H10F3LiO4S. The van der Waals surface area contributed by atoms with E-state index in [0.717, 1.165) is 6.07 Å². The van der Waals surface area contributed by atoms with Crippen LogP contribution in [-0.2, 0) is 14.3 Å². The van der Waals surface area contributed by atoms with Crippen molar-refractivity contribution in [2.45, 2.75) is 17.3 Å². The van der Waals surface area contributed by atoms with E-state index >= 15 is 0 Å². The van der Waals surface area contributed by atoms with E-state index in [1.165, 1.54) is 25.1 Å². The van der Waals surface area contributed by atoms with Crippen molar-refractivity contribution in [1.29, 1.82) is 0 Å². The SMILES string of the molecule is CCOC(=O)C(=O)/C=C(\[O-])c1cccc(SC(F)(F)F)c1.[Li+]. The maximum atomic E-state index is 12.2. The summed E-state index contributed by atoms with van der Waals surface area (Å²) in [6, 6.07) is 4.68.